The predicted molar refractivity (Wildman–Crippen MR) is 128 cm³/mol. The molecular weight excluding hydrogens is 465 g/mol. The third kappa shape index (κ3) is 4.24. The standard InChI is InChI=1S/C25H26BN3O7/c1-14-10-17-15(11-19(14)26(34)35)12-28(24(17)32)8-3-9-36-21-5-2-4-16-18(21)13-29(25(16)33)20-6-7-22(30)27-23(20)31/h2,4-5,10-11,20,34-35H,3,6-9,12-13H2,1H3,(H,27,30,31). The number of nitrogens with one attached hydrogen (secondary N) is 1. The van der Waals surface area contributed by atoms with Gasteiger partial charge in [0.1, 0.15) is 11.8 Å². The van der Waals surface area contributed by atoms with E-state index in [9.17, 15) is 29.2 Å². The van der Waals surface area contributed by atoms with Crippen molar-refractivity contribution < 1.29 is 34.0 Å². The summed E-state index contributed by atoms with van der Waals surface area (Å²) < 4.78 is 5.98. The normalized spacial score (nSPS) is 18.9. The number of hydrogen-bond donors (Lipinski definition) is 3. The molecule has 0 bridgehead atoms. The molecule has 2 aromatic rings. The number of benzene rings is 2. The summed E-state index contributed by atoms with van der Waals surface area (Å²) in [4.78, 5) is 52.7. The van der Waals surface area contributed by atoms with Gasteiger partial charge in [0.25, 0.3) is 11.8 Å². The highest BCUT2D eigenvalue weighted by atomic mass is 16.5. The van der Waals surface area contributed by atoms with Crippen molar-refractivity contribution >= 4 is 36.2 Å². The Hall–Kier alpha value is -3.70. The van der Waals surface area contributed by atoms with Crippen LogP contribution in [0, 0.1) is 6.92 Å². The van der Waals surface area contributed by atoms with Crippen molar-refractivity contribution in [1.29, 1.82) is 0 Å². The van der Waals surface area contributed by atoms with E-state index in [1.807, 2.05) is 0 Å². The highest BCUT2D eigenvalue weighted by Crippen LogP contribution is 2.33. The molecule has 0 aromatic heterocycles. The molecule has 11 heteroatoms. The number of fused-ring (bicyclic) bond motifs is 2. The first kappa shape index (κ1) is 24.0. The fraction of sp³-hybridized carbons (Fsp3) is 0.360. The zero-order valence-electron chi connectivity index (χ0n) is 19.8. The summed E-state index contributed by atoms with van der Waals surface area (Å²) in [5.41, 5.74) is 3.59. The van der Waals surface area contributed by atoms with Crippen molar-refractivity contribution in [3.05, 3.63) is 58.1 Å². The molecule has 3 aliphatic rings. The van der Waals surface area contributed by atoms with E-state index < -0.39 is 19.1 Å². The molecule has 0 saturated carbocycles. The van der Waals surface area contributed by atoms with E-state index in [-0.39, 0.29) is 30.7 Å². The predicted octanol–water partition coefficient (Wildman–Crippen LogP) is -0.139. The van der Waals surface area contributed by atoms with Crippen LogP contribution in [0.4, 0.5) is 0 Å². The summed E-state index contributed by atoms with van der Waals surface area (Å²) in [6, 6.07) is 7.89. The monoisotopic (exact) mass is 491 g/mol. The van der Waals surface area contributed by atoms with Crippen LogP contribution in [0.25, 0.3) is 0 Å². The van der Waals surface area contributed by atoms with Gasteiger partial charge in [0, 0.05) is 36.2 Å². The number of carbonyl (C=O) groups is 4. The van der Waals surface area contributed by atoms with Crippen molar-refractivity contribution in [2.75, 3.05) is 13.2 Å². The first-order valence-corrected chi connectivity index (χ1v) is 11.9. The molecule has 10 nitrogen and oxygen atoms in total. The van der Waals surface area contributed by atoms with E-state index in [1.165, 1.54) is 4.90 Å². The van der Waals surface area contributed by atoms with E-state index in [4.69, 9.17) is 4.74 Å². The van der Waals surface area contributed by atoms with Gasteiger partial charge in [0.2, 0.25) is 11.8 Å². The lowest BCUT2D eigenvalue weighted by Crippen LogP contribution is -2.52. The Morgan fingerprint density at radius 1 is 1.08 bits per heavy atom. The van der Waals surface area contributed by atoms with Gasteiger partial charge >= 0.3 is 7.12 Å². The molecule has 3 N–H and O–H groups in total. The van der Waals surface area contributed by atoms with Crippen molar-refractivity contribution in [1.82, 2.24) is 15.1 Å². The smallest absolute Gasteiger partial charge is 0.488 e. The van der Waals surface area contributed by atoms with Crippen LogP contribution in [0.15, 0.2) is 30.3 Å². The molecule has 3 heterocycles. The topological polar surface area (TPSA) is 136 Å². The Morgan fingerprint density at radius 3 is 2.64 bits per heavy atom. The van der Waals surface area contributed by atoms with Crippen LogP contribution < -0.4 is 15.5 Å². The summed E-state index contributed by atoms with van der Waals surface area (Å²) in [6.45, 7) is 3.14. The highest BCUT2D eigenvalue weighted by molar-refractivity contribution is 6.59. The maximum atomic E-state index is 12.9. The molecule has 3 aliphatic heterocycles. The second-order valence-corrected chi connectivity index (χ2v) is 9.35. The molecule has 5 rings (SSSR count). The molecule has 1 atom stereocenters. The zero-order valence-corrected chi connectivity index (χ0v) is 19.8. The van der Waals surface area contributed by atoms with Gasteiger partial charge < -0.3 is 24.6 Å². The fourth-order valence-corrected chi connectivity index (χ4v) is 5.14. The summed E-state index contributed by atoms with van der Waals surface area (Å²) in [6.07, 6.45) is 1.05. The van der Waals surface area contributed by atoms with Crippen LogP contribution in [0.3, 0.4) is 0 Å². The minimum atomic E-state index is -1.58. The quantitative estimate of drug-likeness (QED) is 0.279. The molecule has 4 amide bonds. The lowest BCUT2D eigenvalue weighted by atomic mass is 9.76. The van der Waals surface area contributed by atoms with Crippen LogP contribution in [0.1, 0.15) is 56.7 Å². The second kappa shape index (κ2) is 9.40. The number of hydrogen-bond acceptors (Lipinski definition) is 7. The molecule has 2 aromatic carbocycles. The number of piperidine rings is 1. The lowest BCUT2D eigenvalue weighted by molar-refractivity contribution is -0.136. The molecular formula is C25H26BN3O7. The van der Waals surface area contributed by atoms with E-state index in [2.05, 4.69) is 5.32 Å². The maximum absolute atomic E-state index is 12.9. The van der Waals surface area contributed by atoms with Crippen molar-refractivity contribution in [2.24, 2.45) is 0 Å². The van der Waals surface area contributed by atoms with Gasteiger partial charge in [-0.25, -0.2) is 0 Å². The summed E-state index contributed by atoms with van der Waals surface area (Å²) >= 11 is 0. The van der Waals surface area contributed by atoms with Crippen LogP contribution in [-0.2, 0) is 22.7 Å². The number of amides is 4. The number of nitrogens with zero attached hydrogens (tertiary/aromatic N) is 2. The molecule has 1 fully saturated rings. The van der Waals surface area contributed by atoms with Crippen LogP contribution in [-0.4, -0.2) is 69.8 Å². The molecule has 0 radical (unpaired) electrons. The van der Waals surface area contributed by atoms with Crippen LogP contribution in [0.5, 0.6) is 5.75 Å². The van der Waals surface area contributed by atoms with E-state index in [0.717, 1.165) is 5.56 Å². The Labute approximate surface area is 208 Å². The number of aryl methyl sites for hydroxylation is 1. The van der Waals surface area contributed by atoms with Gasteiger partial charge in [0.05, 0.1) is 13.2 Å². The first-order valence-electron chi connectivity index (χ1n) is 11.9. The average molecular weight is 491 g/mol. The van der Waals surface area contributed by atoms with E-state index >= 15 is 0 Å². The van der Waals surface area contributed by atoms with E-state index in [1.54, 1.807) is 42.2 Å². The van der Waals surface area contributed by atoms with Gasteiger partial charge in [-0.1, -0.05) is 17.7 Å². The zero-order chi connectivity index (χ0) is 25.6. The van der Waals surface area contributed by atoms with E-state index in [0.29, 0.717) is 66.0 Å². The average Bonchev–Trinajstić information content (AvgIpc) is 3.33. The van der Waals surface area contributed by atoms with Gasteiger partial charge in [-0.05, 0) is 49.0 Å². The number of carbonyl (C=O) groups excluding carboxylic acids is 4. The Morgan fingerprint density at radius 2 is 1.89 bits per heavy atom. The first-order chi connectivity index (χ1) is 17.2. The minimum absolute atomic E-state index is 0.0989. The Balaban J connectivity index is 1.19. The van der Waals surface area contributed by atoms with Crippen LogP contribution >= 0.6 is 0 Å². The number of ether oxygens (including phenoxy) is 1. The molecule has 0 aliphatic carbocycles. The Kier molecular flexibility index (Phi) is 6.27. The summed E-state index contributed by atoms with van der Waals surface area (Å²) in [5.74, 6) is -0.581. The van der Waals surface area contributed by atoms with Crippen molar-refractivity contribution in [3.8, 4) is 5.75 Å². The molecule has 36 heavy (non-hydrogen) atoms. The molecule has 1 saturated heterocycles. The van der Waals surface area contributed by atoms with Crippen molar-refractivity contribution in [3.63, 3.8) is 0 Å². The van der Waals surface area contributed by atoms with Gasteiger partial charge in [-0.3, -0.25) is 24.5 Å². The lowest BCUT2D eigenvalue weighted by Gasteiger charge is -2.29. The molecule has 186 valence electrons. The SMILES string of the molecule is Cc1cc2c(cc1B(O)O)CN(CCCOc1cccc3c1CN(C1CCC(=O)NC1=O)C3=O)C2=O. The second-order valence-electron chi connectivity index (χ2n) is 9.35. The molecule has 0 spiro atoms. The van der Waals surface area contributed by atoms with Gasteiger partial charge in [-0.15, -0.1) is 0 Å². The highest BCUT2D eigenvalue weighted by Gasteiger charge is 2.40. The third-order valence-corrected chi connectivity index (χ3v) is 7.02. The van der Waals surface area contributed by atoms with Gasteiger partial charge in [-0.2, -0.15) is 0 Å². The largest absolute Gasteiger partial charge is 0.493 e. The number of rotatable bonds is 7. The van der Waals surface area contributed by atoms with Crippen molar-refractivity contribution in [2.45, 2.75) is 45.3 Å². The Bertz CT molecular complexity index is 1280. The van der Waals surface area contributed by atoms with Crippen LogP contribution in [0.2, 0.25) is 0 Å². The summed E-state index contributed by atoms with van der Waals surface area (Å²) in [5, 5.41) is 21.4. The van der Waals surface area contributed by atoms with Gasteiger partial charge in [0.15, 0.2) is 0 Å². The summed E-state index contributed by atoms with van der Waals surface area (Å²) in [7, 11) is -1.58. The maximum Gasteiger partial charge on any atom is 0.488 e. The fourth-order valence-electron chi connectivity index (χ4n) is 5.14. The number of imide groups is 1. The minimum Gasteiger partial charge on any atom is -0.493 e. The third-order valence-electron chi connectivity index (χ3n) is 7.02. The molecule has 1 unspecified atom stereocenters.